The number of nitrogens with zero attached hydrogens (tertiary/aromatic N) is 2. The molecule has 0 saturated carbocycles. The minimum absolute atomic E-state index is 0.517. The van der Waals surface area contributed by atoms with Crippen molar-refractivity contribution >= 4 is 5.69 Å². The summed E-state index contributed by atoms with van der Waals surface area (Å²) in [6, 6.07) is 0.517. The molecule has 2 heterocycles. The number of rotatable bonds is 2. The molecule has 0 spiro atoms. The zero-order valence-corrected chi connectivity index (χ0v) is 10.2. The zero-order valence-electron chi connectivity index (χ0n) is 10.2. The van der Waals surface area contributed by atoms with E-state index in [1.807, 2.05) is 6.20 Å². The van der Waals surface area contributed by atoms with Gasteiger partial charge in [-0.05, 0) is 39.2 Å². The molecule has 0 amide bonds. The molecule has 0 radical (unpaired) electrons. The van der Waals surface area contributed by atoms with Gasteiger partial charge in [0.05, 0.1) is 17.6 Å². The van der Waals surface area contributed by atoms with Crippen LogP contribution in [0.2, 0.25) is 0 Å². The van der Waals surface area contributed by atoms with Crippen LogP contribution in [0, 0.1) is 12.8 Å². The van der Waals surface area contributed by atoms with Gasteiger partial charge in [-0.15, -0.1) is 0 Å². The number of anilines is 1. The Balaban J connectivity index is 2.21. The molecule has 0 unspecified atom stereocenters. The number of aromatic nitrogens is 2. The van der Waals surface area contributed by atoms with E-state index in [9.17, 15) is 0 Å². The van der Waals surface area contributed by atoms with E-state index in [2.05, 4.69) is 28.9 Å². The van der Waals surface area contributed by atoms with Gasteiger partial charge in [0.1, 0.15) is 0 Å². The van der Waals surface area contributed by atoms with Crippen molar-refractivity contribution in [3.8, 4) is 0 Å². The minimum atomic E-state index is 0.517. The Hall–Kier alpha value is -1.03. The second kappa shape index (κ2) is 4.87. The van der Waals surface area contributed by atoms with Crippen molar-refractivity contribution in [3.63, 3.8) is 0 Å². The largest absolute Gasteiger partial charge is 0.366 e. The summed E-state index contributed by atoms with van der Waals surface area (Å²) in [5.74, 6) is 0.608. The van der Waals surface area contributed by atoms with Crippen LogP contribution in [0.15, 0.2) is 6.20 Å². The van der Waals surface area contributed by atoms with E-state index in [0.717, 1.165) is 18.8 Å². The molecule has 16 heavy (non-hydrogen) atoms. The second-order valence-electron chi connectivity index (χ2n) is 4.81. The smallest absolute Gasteiger partial charge is 0.0782 e. The van der Waals surface area contributed by atoms with Gasteiger partial charge in [0.2, 0.25) is 0 Å². The first-order chi connectivity index (χ1) is 7.74. The van der Waals surface area contributed by atoms with Crippen LogP contribution in [-0.2, 0) is 0 Å². The van der Waals surface area contributed by atoms with Gasteiger partial charge in [-0.2, -0.15) is 5.10 Å². The molecule has 0 aliphatic carbocycles. The number of hydrogen-bond donors (Lipinski definition) is 2. The van der Waals surface area contributed by atoms with Gasteiger partial charge < -0.3 is 10.6 Å². The summed E-state index contributed by atoms with van der Waals surface area (Å²) < 4.78 is 0. The number of aromatic amines is 1. The molecule has 1 aliphatic rings. The molecule has 4 heteroatoms. The van der Waals surface area contributed by atoms with Crippen LogP contribution in [0.4, 0.5) is 5.69 Å². The van der Waals surface area contributed by atoms with Gasteiger partial charge in [0, 0.05) is 12.6 Å². The SMILES string of the molecule is Cc1[nH]ncc1N1CCCC[C@H](CN)[C@H]1C. The van der Waals surface area contributed by atoms with Gasteiger partial charge >= 0.3 is 0 Å². The Morgan fingerprint density at radius 1 is 1.56 bits per heavy atom. The van der Waals surface area contributed by atoms with E-state index in [0.29, 0.717) is 12.0 Å². The Bertz CT molecular complexity index is 334. The third kappa shape index (κ3) is 2.07. The van der Waals surface area contributed by atoms with Crippen molar-refractivity contribution in [1.82, 2.24) is 10.2 Å². The van der Waals surface area contributed by atoms with Gasteiger partial charge in [0.15, 0.2) is 0 Å². The van der Waals surface area contributed by atoms with Crippen LogP contribution < -0.4 is 10.6 Å². The van der Waals surface area contributed by atoms with Crippen molar-refractivity contribution in [2.75, 3.05) is 18.0 Å². The highest BCUT2D eigenvalue weighted by Gasteiger charge is 2.26. The summed E-state index contributed by atoms with van der Waals surface area (Å²) in [6.07, 6.45) is 5.74. The molecular weight excluding hydrogens is 200 g/mol. The highest BCUT2D eigenvalue weighted by molar-refractivity contribution is 5.49. The molecule has 90 valence electrons. The molecule has 0 aromatic carbocycles. The third-order valence-electron chi connectivity index (χ3n) is 3.81. The fourth-order valence-electron chi connectivity index (χ4n) is 2.68. The lowest BCUT2D eigenvalue weighted by atomic mass is 9.96. The fraction of sp³-hybridized carbons (Fsp3) is 0.750. The highest BCUT2D eigenvalue weighted by Crippen LogP contribution is 2.28. The van der Waals surface area contributed by atoms with E-state index in [1.165, 1.54) is 24.9 Å². The van der Waals surface area contributed by atoms with E-state index in [1.54, 1.807) is 0 Å². The topological polar surface area (TPSA) is 57.9 Å². The maximum absolute atomic E-state index is 5.87. The molecule has 1 fully saturated rings. The van der Waals surface area contributed by atoms with Crippen LogP contribution in [-0.4, -0.2) is 29.3 Å². The fourth-order valence-corrected chi connectivity index (χ4v) is 2.68. The predicted octanol–water partition coefficient (Wildman–Crippen LogP) is 1.67. The van der Waals surface area contributed by atoms with E-state index >= 15 is 0 Å². The van der Waals surface area contributed by atoms with Crippen molar-refractivity contribution in [2.45, 2.75) is 39.2 Å². The number of nitrogens with one attached hydrogen (secondary N) is 1. The molecule has 1 aromatic rings. The molecule has 2 rings (SSSR count). The highest BCUT2D eigenvalue weighted by atomic mass is 15.2. The molecule has 1 saturated heterocycles. The van der Waals surface area contributed by atoms with Gasteiger partial charge in [-0.3, -0.25) is 5.10 Å². The Labute approximate surface area is 97.2 Å². The summed E-state index contributed by atoms with van der Waals surface area (Å²) in [5.41, 5.74) is 8.27. The third-order valence-corrected chi connectivity index (χ3v) is 3.81. The molecule has 0 bridgehead atoms. The Morgan fingerprint density at radius 3 is 3.00 bits per heavy atom. The first kappa shape index (κ1) is 11.5. The molecule has 4 nitrogen and oxygen atoms in total. The summed E-state index contributed by atoms with van der Waals surface area (Å²) in [7, 11) is 0. The molecular formula is C12H22N4. The van der Waals surface area contributed by atoms with Crippen LogP contribution in [0.25, 0.3) is 0 Å². The van der Waals surface area contributed by atoms with Crippen molar-refractivity contribution in [1.29, 1.82) is 0 Å². The number of hydrogen-bond acceptors (Lipinski definition) is 3. The lowest BCUT2D eigenvalue weighted by Crippen LogP contribution is -2.40. The van der Waals surface area contributed by atoms with E-state index < -0.39 is 0 Å². The maximum Gasteiger partial charge on any atom is 0.0782 e. The van der Waals surface area contributed by atoms with Crippen molar-refractivity contribution < 1.29 is 0 Å². The summed E-state index contributed by atoms with van der Waals surface area (Å²) in [5, 5.41) is 7.13. The number of H-pyrrole nitrogens is 1. The second-order valence-corrected chi connectivity index (χ2v) is 4.81. The average Bonchev–Trinajstić information content (AvgIpc) is 2.60. The summed E-state index contributed by atoms with van der Waals surface area (Å²) >= 11 is 0. The first-order valence-corrected chi connectivity index (χ1v) is 6.20. The van der Waals surface area contributed by atoms with Gasteiger partial charge in [-0.25, -0.2) is 0 Å². The molecule has 3 N–H and O–H groups in total. The standard InChI is InChI=1S/C12H22N4/c1-9-12(8-14-15-9)16-6-4-3-5-11(7-13)10(16)2/h8,10-11H,3-7,13H2,1-2H3,(H,14,15)/t10-,11-/m1/s1. The Kier molecular flexibility index (Phi) is 3.49. The van der Waals surface area contributed by atoms with Gasteiger partial charge in [0.25, 0.3) is 0 Å². The first-order valence-electron chi connectivity index (χ1n) is 6.20. The average molecular weight is 222 g/mol. The normalized spacial score (nSPS) is 26.8. The Morgan fingerprint density at radius 2 is 2.38 bits per heavy atom. The van der Waals surface area contributed by atoms with Crippen LogP contribution in [0.5, 0.6) is 0 Å². The van der Waals surface area contributed by atoms with Crippen LogP contribution in [0.1, 0.15) is 31.9 Å². The predicted molar refractivity (Wildman–Crippen MR) is 66.5 cm³/mol. The summed E-state index contributed by atoms with van der Waals surface area (Å²) in [4.78, 5) is 2.46. The summed E-state index contributed by atoms with van der Waals surface area (Å²) in [6.45, 7) is 6.28. The zero-order chi connectivity index (χ0) is 11.5. The molecule has 1 aliphatic heterocycles. The lowest BCUT2D eigenvalue weighted by molar-refractivity contribution is 0.423. The molecule has 2 atom stereocenters. The van der Waals surface area contributed by atoms with Crippen LogP contribution >= 0.6 is 0 Å². The van der Waals surface area contributed by atoms with Crippen molar-refractivity contribution in [3.05, 3.63) is 11.9 Å². The minimum Gasteiger partial charge on any atom is -0.366 e. The quantitative estimate of drug-likeness (QED) is 0.800. The van der Waals surface area contributed by atoms with E-state index in [-0.39, 0.29) is 0 Å². The lowest BCUT2D eigenvalue weighted by Gasteiger charge is -2.33. The van der Waals surface area contributed by atoms with Gasteiger partial charge in [-0.1, -0.05) is 6.42 Å². The number of aryl methyl sites for hydroxylation is 1. The number of nitrogens with two attached hydrogens (primary N) is 1. The van der Waals surface area contributed by atoms with Crippen LogP contribution in [0.3, 0.4) is 0 Å². The monoisotopic (exact) mass is 222 g/mol. The molecule has 1 aromatic heterocycles. The maximum atomic E-state index is 5.87. The van der Waals surface area contributed by atoms with Crippen molar-refractivity contribution in [2.24, 2.45) is 11.7 Å². The van der Waals surface area contributed by atoms with E-state index in [4.69, 9.17) is 5.73 Å².